The minimum absolute atomic E-state index is 0. The van der Waals surface area contributed by atoms with Gasteiger partial charge < -0.3 is 19.9 Å². The van der Waals surface area contributed by atoms with E-state index in [-0.39, 0.29) is 16.5 Å². The van der Waals surface area contributed by atoms with Crippen molar-refractivity contribution in [2.24, 2.45) is 0 Å². The summed E-state index contributed by atoms with van der Waals surface area (Å²) in [6.45, 7) is 0. The van der Waals surface area contributed by atoms with E-state index in [2.05, 4.69) is 295 Å². The molecule has 0 atom stereocenters. The van der Waals surface area contributed by atoms with E-state index in [1.165, 1.54) is 0 Å². The Kier molecular flexibility index (Phi) is 13.8. The Labute approximate surface area is 535 Å². The third-order valence-corrected chi connectivity index (χ3v) is 17.2. The second-order valence-electron chi connectivity index (χ2n) is 22.6. The fourth-order valence-corrected chi connectivity index (χ4v) is 13.2. The largest absolute Gasteiger partial charge is 2.00 e. The summed E-state index contributed by atoms with van der Waals surface area (Å²) in [5, 5.41) is 0. The van der Waals surface area contributed by atoms with Gasteiger partial charge in [0, 0.05) is 44.3 Å². The zero-order valence-electron chi connectivity index (χ0n) is 48.9. The molecule has 0 saturated heterocycles. The third-order valence-electron chi connectivity index (χ3n) is 17.2. The van der Waals surface area contributed by atoms with Crippen LogP contribution in [0.4, 0.5) is 0 Å². The number of nitrogens with one attached hydrogen (secondary N) is 2. The third kappa shape index (κ3) is 9.81. The number of benzene rings is 7. The van der Waals surface area contributed by atoms with Gasteiger partial charge >= 0.3 is 16.5 Å². The van der Waals surface area contributed by atoms with Crippen LogP contribution < -0.4 is 9.97 Å². The Morgan fingerprint density at radius 3 is 0.703 bits per heavy atom. The normalized spacial score (nSPS) is 12.1. The molecule has 13 aromatic rings. The first kappa shape index (κ1) is 54.6. The van der Waals surface area contributed by atoms with Crippen molar-refractivity contribution in [2.45, 2.75) is 0 Å². The molecule has 4 aliphatic heterocycles. The van der Waals surface area contributed by atoms with Gasteiger partial charge in [-0.1, -0.05) is 231 Å². The number of H-pyrrole nitrogens is 2. The number of hydrogen-bond donors (Lipinski definition) is 2. The van der Waals surface area contributed by atoms with E-state index in [9.17, 15) is 0 Å². The van der Waals surface area contributed by atoms with Gasteiger partial charge in [-0.2, -0.15) is 0 Å². The van der Waals surface area contributed by atoms with Gasteiger partial charge in [0.15, 0.2) is 0 Å². The predicted octanol–water partition coefficient (Wildman–Crippen LogP) is 20.2. The zero-order valence-corrected chi connectivity index (χ0v) is 49.9. The molecule has 2 N–H and O–H groups in total. The van der Waals surface area contributed by atoms with Crippen molar-refractivity contribution in [1.82, 2.24) is 39.9 Å². The summed E-state index contributed by atoms with van der Waals surface area (Å²) in [6, 6.07) is 88.8. The van der Waals surface area contributed by atoms with Crippen LogP contribution in [0.3, 0.4) is 0 Å². The maximum Gasteiger partial charge on any atom is 2.00 e. The molecule has 4 aliphatic rings. The smallest absolute Gasteiger partial charge is 0.657 e. The SMILES string of the molecule is C1=Cc2nc1c(-c1ccccc1)c1ccc([n-]1)c(-c1ccccc1)c1nc(c(-c3ccccc3-c3c4nc(c(-c5ccccc5)c5ccc([nH]5)c(-c5ccccc5)c5nc(c(-c6ccccc6)c6ccc3[nH]6)C=C5)C=C4)c3ccc([n-]3)c2-c2ccccc2)C=C1.[Ni+2]. The second-order valence-corrected chi connectivity index (χ2v) is 22.6. The predicted molar refractivity (Wildman–Crippen MR) is 373 cm³/mol. The van der Waals surface area contributed by atoms with Gasteiger partial charge in [0.2, 0.25) is 0 Å². The van der Waals surface area contributed by atoms with Crippen molar-refractivity contribution in [3.63, 3.8) is 0 Å². The monoisotopic (exact) mass is 1210 g/mol. The Morgan fingerprint density at radius 2 is 0.407 bits per heavy atom. The Morgan fingerprint density at radius 1 is 0.198 bits per heavy atom. The first-order chi connectivity index (χ1) is 44.6. The molecule has 10 heterocycles. The number of aromatic amines is 2. The maximum atomic E-state index is 5.75. The van der Waals surface area contributed by atoms with Crippen LogP contribution in [0.5, 0.6) is 0 Å². The van der Waals surface area contributed by atoms with Crippen LogP contribution in [0.1, 0.15) is 45.6 Å². The van der Waals surface area contributed by atoms with Gasteiger partial charge in [0.1, 0.15) is 0 Å². The molecule has 7 aromatic carbocycles. The average molecular weight is 1210 g/mol. The molecule has 9 heteroatoms. The van der Waals surface area contributed by atoms with Gasteiger partial charge in [-0.05, 0) is 140 Å². The molecule has 8 nitrogen and oxygen atoms in total. The number of hydrogen-bond acceptors (Lipinski definition) is 4. The van der Waals surface area contributed by atoms with Crippen molar-refractivity contribution < 1.29 is 16.5 Å². The molecular weight excluding hydrogens is 1160 g/mol. The van der Waals surface area contributed by atoms with E-state index < -0.39 is 0 Å². The van der Waals surface area contributed by atoms with Crippen LogP contribution in [0, 0.1) is 0 Å². The molecule has 6 aromatic heterocycles. The standard InChI is InChI=1S/C82H52N8.Ni/c1-7-21-51(22-8-1)75-59-35-39-63(83-59)77(53-25-11-3-12-26-53)67-43-47-71(87-67)81(72-48-44-68(88-72)78(54-27-13-4-14-28-54)64-40-36-60(75)84-64)57-33-19-20-34-58(57)82-73-49-45-69(89-73)79(55-29-15-5-16-30-55)65-41-37-61(85-65)76(52-23-9-2-10-24-52)62-38-42-66(86-62)80(56-31-17-6-18-32-56)70-46-50-74(82)90-70;/h1-50,83,88H;/q-2;+2. The van der Waals surface area contributed by atoms with Gasteiger partial charge in [-0.3, -0.25) is 0 Å². The summed E-state index contributed by atoms with van der Waals surface area (Å²) in [4.78, 5) is 41.7. The minimum atomic E-state index is 0. The summed E-state index contributed by atoms with van der Waals surface area (Å²) >= 11 is 0. The molecule has 430 valence electrons. The molecule has 0 fully saturated rings. The fourth-order valence-electron chi connectivity index (χ4n) is 13.2. The van der Waals surface area contributed by atoms with E-state index >= 15 is 0 Å². The van der Waals surface area contributed by atoms with E-state index in [0.717, 1.165) is 179 Å². The van der Waals surface area contributed by atoms with Gasteiger partial charge in [0.05, 0.1) is 45.6 Å². The summed E-state index contributed by atoms with van der Waals surface area (Å²) < 4.78 is 0. The summed E-state index contributed by atoms with van der Waals surface area (Å²) in [5.41, 5.74) is 28.8. The topological polar surface area (TPSA) is 111 Å². The zero-order chi connectivity index (χ0) is 59.5. The molecule has 17 rings (SSSR count). The number of fused-ring (bicyclic) bond motifs is 16. The summed E-state index contributed by atoms with van der Waals surface area (Å²) in [6.07, 6.45) is 17.1. The molecule has 91 heavy (non-hydrogen) atoms. The van der Waals surface area contributed by atoms with Gasteiger partial charge in [-0.25, -0.2) is 19.9 Å². The van der Waals surface area contributed by atoms with Crippen molar-refractivity contribution in [3.8, 4) is 89.0 Å². The quantitative estimate of drug-likeness (QED) is 0.147. The van der Waals surface area contributed by atoms with Crippen LogP contribution in [0.15, 0.2) is 255 Å². The molecule has 0 amide bonds. The second kappa shape index (κ2) is 23.1. The van der Waals surface area contributed by atoms with Crippen molar-refractivity contribution >= 4 is 92.7 Å². The van der Waals surface area contributed by atoms with Crippen molar-refractivity contribution in [3.05, 3.63) is 300 Å². The molecule has 0 aliphatic carbocycles. The Balaban J connectivity index is 0.00000661. The van der Waals surface area contributed by atoms with Crippen LogP contribution in [-0.4, -0.2) is 29.9 Å². The van der Waals surface area contributed by atoms with E-state index in [4.69, 9.17) is 29.9 Å². The Bertz CT molecular complexity index is 5080. The molecule has 16 bridgehead atoms. The molecular formula is C82H52N8Ni. The van der Waals surface area contributed by atoms with Crippen LogP contribution in [-0.2, 0) is 16.5 Å². The molecule has 0 radical (unpaired) electrons. The Hall–Kier alpha value is -11.8. The van der Waals surface area contributed by atoms with E-state index in [0.29, 0.717) is 0 Å². The first-order valence-corrected chi connectivity index (χ1v) is 30.3. The molecule has 0 unspecified atom stereocenters. The minimum Gasteiger partial charge on any atom is -0.657 e. The van der Waals surface area contributed by atoms with Crippen LogP contribution >= 0.6 is 0 Å². The fraction of sp³-hybridized carbons (Fsp3) is 0. The number of aromatic nitrogens is 8. The van der Waals surface area contributed by atoms with Crippen LogP contribution in [0.25, 0.3) is 182 Å². The number of nitrogens with zero attached hydrogens (tertiary/aromatic N) is 6. The molecule has 0 saturated carbocycles. The summed E-state index contributed by atoms with van der Waals surface area (Å²) in [5.74, 6) is 0. The summed E-state index contributed by atoms with van der Waals surface area (Å²) in [7, 11) is 0. The van der Waals surface area contributed by atoms with Gasteiger partial charge in [0.25, 0.3) is 0 Å². The van der Waals surface area contributed by atoms with E-state index in [1.807, 2.05) is 18.2 Å². The van der Waals surface area contributed by atoms with Gasteiger partial charge in [-0.15, -0.1) is 22.1 Å². The number of rotatable bonds is 8. The van der Waals surface area contributed by atoms with Crippen LogP contribution in [0.2, 0.25) is 0 Å². The van der Waals surface area contributed by atoms with E-state index in [1.54, 1.807) is 0 Å². The van der Waals surface area contributed by atoms with Crippen molar-refractivity contribution in [1.29, 1.82) is 0 Å². The maximum absolute atomic E-state index is 5.75. The average Bonchev–Trinajstić information content (AvgIpc) is 1.71. The first-order valence-electron chi connectivity index (χ1n) is 30.3. The molecule has 0 spiro atoms. The van der Waals surface area contributed by atoms with Crippen molar-refractivity contribution in [2.75, 3.05) is 0 Å².